The smallest absolute Gasteiger partial charge is 0.394 e. The molecule has 1 amide bonds. The van der Waals surface area contributed by atoms with E-state index in [1.54, 1.807) is 0 Å². The number of aliphatic hydroxyl groups excluding tert-OH is 4. The van der Waals surface area contributed by atoms with Gasteiger partial charge in [0.1, 0.15) is 24.4 Å². The van der Waals surface area contributed by atoms with Crippen molar-refractivity contribution >= 4 is 16.3 Å². The Hall–Kier alpha value is -1.16. The van der Waals surface area contributed by atoms with Crippen LogP contribution in [0.5, 0.6) is 0 Å². The molecule has 0 saturated carbocycles. The molecule has 0 aromatic heterocycles. The lowest BCUT2D eigenvalue weighted by atomic mass is 9.99. The van der Waals surface area contributed by atoms with Crippen molar-refractivity contribution in [3.8, 4) is 0 Å². The summed E-state index contributed by atoms with van der Waals surface area (Å²) in [6.45, 7) is 3.41. The van der Waals surface area contributed by atoms with Crippen molar-refractivity contribution in [1.29, 1.82) is 0 Å². The quantitative estimate of drug-likeness (QED) is 0.0203. The van der Waals surface area contributed by atoms with Crippen LogP contribution in [-0.2, 0) is 28.9 Å². The second kappa shape index (κ2) is 33.8. The summed E-state index contributed by atoms with van der Waals surface area (Å²) in [7, 11) is -5.07. The molecule has 326 valence electrons. The summed E-state index contributed by atoms with van der Waals surface area (Å²) in [6.07, 6.45) is 26.4. The van der Waals surface area contributed by atoms with Gasteiger partial charge in [0.05, 0.1) is 25.4 Å². The van der Waals surface area contributed by atoms with Crippen LogP contribution in [0.3, 0.4) is 0 Å². The zero-order valence-electron chi connectivity index (χ0n) is 34.5. The van der Waals surface area contributed by atoms with Crippen LogP contribution in [0.15, 0.2) is 12.2 Å². The summed E-state index contributed by atoms with van der Waals surface area (Å²) in [5, 5.41) is 44.7. The van der Waals surface area contributed by atoms with Gasteiger partial charge in [0.25, 0.3) is 0 Å². The van der Waals surface area contributed by atoms with Crippen LogP contribution in [-0.4, -0.2) is 95.4 Å². The lowest BCUT2D eigenvalue weighted by Crippen LogP contribution is -2.61. The molecule has 0 aromatic carbocycles. The minimum atomic E-state index is -5.07. The summed E-state index contributed by atoms with van der Waals surface area (Å²) in [5.41, 5.74) is 0. The van der Waals surface area contributed by atoms with Crippen LogP contribution >= 0.6 is 0 Å². The maximum absolute atomic E-state index is 13.0. The van der Waals surface area contributed by atoms with Crippen LogP contribution in [0, 0.1) is 0 Å². The Bertz CT molecular complexity index is 1050. The highest BCUT2D eigenvalue weighted by Crippen LogP contribution is 2.26. The van der Waals surface area contributed by atoms with Crippen molar-refractivity contribution in [3.05, 3.63) is 12.2 Å². The molecule has 0 bridgehead atoms. The van der Waals surface area contributed by atoms with E-state index in [4.69, 9.17) is 14.0 Å². The zero-order chi connectivity index (χ0) is 40.6. The normalized spacial score (nSPS) is 21.6. The van der Waals surface area contributed by atoms with Crippen molar-refractivity contribution < 1.29 is 51.8 Å². The lowest BCUT2D eigenvalue weighted by molar-refractivity contribution is -0.298. The lowest BCUT2D eigenvalue weighted by Gasteiger charge is -2.41. The highest BCUT2D eigenvalue weighted by atomic mass is 32.3. The molecule has 7 atom stereocenters. The van der Waals surface area contributed by atoms with Crippen molar-refractivity contribution in [2.45, 2.75) is 236 Å². The first-order chi connectivity index (χ1) is 26.5. The number of hydrogen-bond donors (Lipinski definition) is 6. The second-order valence-corrected chi connectivity index (χ2v) is 16.7. The van der Waals surface area contributed by atoms with E-state index in [9.17, 15) is 33.6 Å². The minimum absolute atomic E-state index is 0.240. The second-order valence-electron chi connectivity index (χ2n) is 15.6. The Morgan fingerprint density at radius 2 is 1.16 bits per heavy atom. The maximum atomic E-state index is 13.0. The Morgan fingerprint density at radius 1 is 0.709 bits per heavy atom. The van der Waals surface area contributed by atoms with Gasteiger partial charge in [-0.2, -0.15) is 8.42 Å². The fourth-order valence-corrected chi connectivity index (χ4v) is 7.61. The van der Waals surface area contributed by atoms with Crippen molar-refractivity contribution in [1.82, 2.24) is 5.32 Å². The molecule has 1 aliphatic heterocycles. The molecule has 0 spiro atoms. The third-order valence-electron chi connectivity index (χ3n) is 10.6. The van der Waals surface area contributed by atoms with Gasteiger partial charge in [0.2, 0.25) is 5.91 Å². The van der Waals surface area contributed by atoms with Crippen LogP contribution in [0.2, 0.25) is 0 Å². The number of allylic oxidation sites excluding steroid dienone is 2. The molecular weight excluding hydrogens is 727 g/mol. The van der Waals surface area contributed by atoms with Gasteiger partial charge in [-0.05, 0) is 38.5 Å². The van der Waals surface area contributed by atoms with Crippen molar-refractivity contribution in [3.63, 3.8) is 0 Å². The maximum Gasteiger partial charge on any atom is 0.397 e. The molecule has 7 unspecified atom stereocenters. The number of carbonyl (C=O) groups is 1. The molecule has 55 heavy (non-hydrogen) atoms. The van der Waals surface area contributed by atoms with Gasteiger partial charge in [-0.15, -0.1) is 0 Å². The number of amides is 1. The number of aliphatic hydroxyl groups is 4. The molecule has 0 aromatic rings. The summed E-state index contributed by atoms with van der Waals surface area (Å²) in [6, 6.07) is -0.857. The first kappa shape index (κ1) is 51.9. The summed E-state index contributed by atoms with van der Waals surface area (Å²) < 4.78 is 47.5. The number of carbonyl (C=O) groups excluding carboxylic acids is 1. The third-order valence-corrected chi connectivity index (χ3v) is 11.0. The highest BCUT2D eigenvalue weighted by Gasteiger charge is 2.48. The van der Waals surface area contributed by atoms with E-state index in [0.717, 1.165) is 64.2 Å². The van der Waals surface area contributed by atoms with E-state index in [-0.39, 0.29) is 18.9 Å². The molecule has 12 nitrogen and oxygen atoms in total. The van der Waals surface area contributed by atoms with Gasteiger partial charge < -0.3 is 35.2 Å². The van der Waals surface area contributed by atoms with Crippen LogP contribution in [0.25, 0.3) is 0 Å². The SMILES string of the molecule is CCCCC/C=C\CCCCCCCC(=O)NC(COC1OC(CO)C(O)C(OS(=O)(=O)O)C1O)C(O)CCCCCCCCCCCCCCCCCC. The molecule has 13 heteroatoms. The van der Waals surface area contributed by atoms with E-state index >= 15 is 0 Å². The molecule has 1 saturated heterocycles. The third kappa shape index (κ3) is 27.2. The fourth-order valence-electron chi connectivity index (χ4n) is 7.10. The number of nitrogens with one attached hydrogen (secondary N) is 1. The van der Waals surface area contributed by atoms with Gasteiger partial charge >= 0.3 is 10.4 Å². The van der Waals surface area contributed by atoms with E-state index in [1.807, 2.05) is 0 Å². The Morgan fingerprint density at radius 3 is 1.67 bits per heavy atom. The molecule has 1 rings (SSSR count). The zero-order valence-corrected chi connectivity index (χ0v) is 35.3. The average molecular weight is 808 g/mol. The van der Waals surface area contributed by atoms with Crippen LogP contribution < -0.4 is 5.32 Å². The van der Waals surface area contributed by atoms with E-state index < -0.39 is 59.9 Å². The molecule has 0 aliphatic carbocycles. The monoisotopic (exact) mass is 808 g/mol. The highest BCUT2D eigenvalue weighted by molar-refractivity contribution is 7.80. The van der Waals surface area contributed by atoms with E-state index in [0.29, 0.717) is 12.8 Å². The summed E-state index contributed by atoms with van der Waals surface area (Å²) >= 11 is 0. The first-order valence-electron chi connectivity index (χ1n) is 22.1. The molecule has 6 N–H and O–H groups in total. The molecule has 0 radical (unpaired) electrons. The Labute approximate surface area is 334 Å². The topological polar surface area (TPSA) is 192 Å². The average Bonchev–Trinajstić information content (AvgIpc) is 3.15. The Kier molecular flexibility index (Phi) is 31.8. The molecule has 1 heterocycles. The van der Waals surface area contributed by atoms with E-state index in [1.165, 1.54) is 96.3 Å². The van der Waals surface area contributed by atoms with E-state index in [2.05, 4.69) is 35.5 Å². The van der Waals surface area contributed by atoms with Crippen molar-refractivity contribution in [2.75, 3.05) is 13.2 Å². The fraction of sp³-hybridized carbons (Fsp3) is 0.929. The molecular formula is C42H81NO11S. The van der Waals surface area contributed by atoms with Crippen LogP contribution in [0.1, 0.15) is 194 Å². The number of hydrogen-bond acceptors (Lipinski definition) is 10. The summed E-state index contributed by atoms with van der Waals surface area (Å²) in [5.74, 6) is -0.240. The number of ether oxygens (including phenoxy) is 2. The predicted octanol–water partition coefficient (Wildman–Crippen LogP) is 7.99. The predicted molar refractivity (Wildman–Crippen MR) is 218 cm³/mol. The largest absolute Gasteiger partial charge is 0.397 e. The Balaban J connectivity index is 2.53. The molecule has 1 aliphatic rings. The molecule has 1 fully saturated rings. The standard InChI is InChI=1S/C42H81NO11S/c1-3-5-7-9-11-13-15-17-18-19-20-21-23-25-27-29-31-36(45)35(43-38(46)32-30-28-26-24-22-16-14-12-10-8-6-4-2)34-52-42-40(48)41(54-55(49,50)51)39(47)37(33-44)53-42/h12,14,35-37,39-42,44-45,47-48H,3-11,13,15-34H2,1-2H3,(H,43,46)(H,49,50,51)/b14-12-. The van der Waals surface area contributed by atoms with Gasteiger partial charge in [-0.3, -0.25) is 9.35 Å². The minimum Gasteiger partial charge on any atom is -0.394 e. The van der Waals surface area contributed by atoms with Gasteiger partial charge in [0, 0.05) is 6.42 Å². The van der Waals surface area contributed by atoms with Gasteiger partial charge in [0.15, 0.2) is 6.29 Å². The van der Waals surface area contributed by atoms with Crippen LogP contribution in [0.4, 0.5) is 0 Å². The van der Waals surface area contributed by atoms with Gasteiger partial charge in [-0.1, -0.05) is 161 Å². The van der Waals surface area contributed by atoms with Crippen molar-refractivity contribution in [2.24, 2.45) is 0 Å². The first-order valence-corrected chi connectivity index (χ1v) is 23.4. The number of unbranched alkanes of at least 4 members (excludes halogenated alkanes) is 23. The number of rotatable bonds is 37. The summed E-state index contributed by atoms with van der Waals surface area (Å²) in [4.78, 5) is 13.0. The van der Waals surface area contributed by atoms with Gasteiger partial charge in [-0.25, -0.2) is 4.18 Å².